The molecule has 0 spiro atoms. The average molecular weight is 532 g/mol. The monoisotopic (exact) mass is 531 g/mol. The molecule has 0 aliphatic carbocycles. The minimum atomic E-state index is -5.14. The van der Waals surface area contributed by atoms with Crippen molar-refractivity contribution >= 4 is 52.6 Å². The highest BCUT2D eigenvalue weighted by molar-refractivity contribution is 7.99. The zero-order valence-corrected chi connectivity index (χ0v) is 21.2. The summed E-state index contributed by atoms with van der Waals surface area (Å²) in [7, 11) is 0. The van der Waals surface area contributed by atoms with Gasteiger partial charge in [0.2, 0.25) is 0 Å². The van der Waals surface area contributed by atoms with Crippen LogP contribution in [0.2, 0.25) is 5.02 Å². The van der Waals surface area contributed by atoms with Gasteiger partial charge in [-0.15, -0.1) is 0 Å². The fourth-order valence-electron chi connectivity index (χ4n) is 2.67. The van der Waals surface area contributed by atoms with Crippen molar-refractivity contribution in [1.29, 1.82) is 0 Å². The Morgan fingerprint density at radius 1 is 0.914 bits per heavy atom. The van der Waals surface area contributed by atoms with Gasteiger partial charge >= 0.3 is 18.2 Å². The first kappa shape index (κ1) is 28.3. The molecule has 12 heteroatoms. The standard InChI is InChI=1S/C23H25ClF3N3O4S/c1-13(31)34-22(5,23(25,26)27)19(32)29-18-11-10-16(12-17(18)24)35-15-8-6-14(7-9-15)28-20(33)30-21(2,3)4/h6-12H,1-5H3,(H,29,32)(H2,28,30,33). The lowest BCUT2D eigenvalue weighted by Crippen LogP contribution is -2.55. The van der Waals surface area contributed by atoms with Gasteiger partial charge in [-0.3, -0.25) is 9.59 Å². The van der Waals surface area contributed by atoms with Crippen LogP contribution in [-0.4, -0.2) is 35.2 Å². The molecule has 0 aromatic heterocycles. The van der Waals surface area contributed by atoms with Crippen LogP contribution in [0.5, 0.6) is 0 Å². The number of anilines is 2. The fraction of sp³-hybridized carbons (Fsp3) is 0.348. The van der Waals surface area contributed by atoms with E-state index in [0.717, 1.165) is 11.8 Å². The SMILES string of the molecule is CC(=O)OC(C)(C(=O)Nc1ccc(Sc2ccc(NC(=O)NC(C)(C)C)cc2)cc1Cl)C(F)(F)F. The van der Waals surface area contributed by atoms with Gasteiger partial charge in [0, 0.05) is 27.9 Å². The Labute approximate surface area is 210 Å². The number of nitrogens with one attached hydrogen (secondary N) is 3. The Balaban J connectivity index is 2.09. The highest BCUT2D eigenvalue weighted by Gasteiger charge is 2.60. The summed E-state index contributed by atoms with van der Waals surface area (Å²) in [5, 5.41) is 7.58. The summed E-state index contributed by atoms with van der Waals surface area (Å²) in [6.45, 7) is 6.83. The summed E-state index contributed by atoms with van der Waals surface area (Å²) >= 11 is 7.48. The zero-order chi connectivity index (χ0) is 26.6. The maximum Gasteiger partial charge on any atom is 0.437 e. The fourth-order valence-corrected chi connectivity index (χ4v) is 3.82. The topological polar surface area (TPSA) is 96.5 Å². The van der Waals surface area contributed by atoms with E-state index < -0.39 is 23.7 Å². The molecular weight excluding hydrogens is 507 g/mol. The number of esters is 1. The number of carbonyl (C=O) groups excluding carboxylic acids is 3. The summed E-state index contributed by atoms with van der Waals surface area (Å²) in [4.78, 5) is 36.9. The number of halogens is 4. The van der Waals surface area contributed by atoms with E-state index in [1.54, 1.807) is 30.3 Å². The molecule has 3 N–H and O–H groups in total. The molecule has 0 radical (unpaired) electrons. The van der Waals surface area contributed by atoms with Crippen molar-refractivity contribution < 1.29 is 32.3 Å². The molecule has 0 heterocycles. The van der Waals surface area contributed by atoms with Gasteiger partial charge in [-0.25, -0.2) is 4.79 Å². The van der Waals surface area contributed by atoms with E-state index in [1.807, 2.05) is 20.8 Å². The van der Waals surface area contributed by atoms with E-state index in [1.165, 1.54) is 23.9 Å². The van der Waals surface area contributed by atoms with Crippen molar-refractivity contribution in [3.05, 3.63) is 47.5 Å². The lowest BCUT2D eigenvalue weighted by Gasteiger charge is -2.29. The van der Waals surface area contributed by atoms with Gasteiger partial charge in [0.1, 0.15) is 0 Å². The van der Waals surface area contributed by atoms with Gasteiger partial charge in [0.15, 0.2) is 0 Å². The molecule has 0 bridgehead atoms. The zero-order valence-electron chi connectivity index (χ0n) is 19.6. The lowest BCUT2D eigenvalue weighted by atomic mass is 10.0. The van der Waals surface area contributed by atoms with Crippen LogP contribution in [0.3, 0.4) is 0 Å². The van der Waals surface area contributed by atoms with E-state index in [0.29, 0.717) is 17.5 Å². The number of hydrogen-bond donors (Lipinski definition) is 3. The maximum atomic E-state index is 13.4. The van der Waals surface area contributed by atoms with Crippen LogP contribution in [0.4, 0.5) is 29.3 Å². The second-order valence-electron chi connectivity index (χ2n) is 8.68. The first-order chi connectivity index (χ1) is 16.0. The van der Waals surface area contributed by atoms with E-state index in [9.17, 15) is 27.6 Å². The highest BCUT2D eigenvalue weighted by atomic mass is 35.5. The number of urea groups is 1. The number of hydrogen-bond acceptors (Lipinski definition) is 5. The average Bonchev–Trinajstić information content (AvgIpc) is 2.68. The molecule has 0 saturated heterocycles. The number of amides is 3. The van der Waals surface area contributed by atoms with Crippen molar-refractivity contribution in [2.45, 2.75) is 61.7 Å². The predicted octanol–water partition coefficient (Wildman–Crippen LogP) is 6.23. The van der Waals surface area contributed by atoms with Gasteiger partial charge < -0.3 is 20.7 Å². The summed E-state index contributed by atoms with van der Waals surface area (Å²) in [5.74, 6) is -2.84. The number of benzene rings is 2. The molecule has 1 atom stereocenters. The summed E-state index contributed by atoms with van der Waals surface area (Å²) < 4.78 is 44.5. The van der Waals surface area contributed by atoms with Crippen LogP contribution < -0.4 is 16.0 Å². The van der Waals surface area contributed by atoms with Crippen molar-refractivity contribution in [2.24, 2.45) is 0 Å². The summed E-state index contributed by atoms with van der Waals surface area (Å²) in [6, 6.07) is 11.0. The minimum Gasteiger partial charge on any atom is -0.439 e. The molecule has 1 unspecified atom stereocenters. The second-order valence-corrected chi connectivity index (χ2v) is 10.2. The van der Waals surface area contributed by atoms with E-state index in [-0.39, 0.29) is 22.3 Å². The third-order valence-corrected chi connectivity index (χ3v) is 5.66. The molecule has 0 fully saturated rings. The van der Waals surface area contributed by atoms with Crippen molar-refractivity contribution in [3.63, 3.8) is 0 Å². The van der Waals surface area contributed by atoms with E-state index in [2.05, 4.69) is 20.7 Å². The molecule has 3 amide bonds. The lowest BCUT2D eigenvalue weighted by molar-refractivity contribution is -0.253. The molecular formula is C23H25ClF3N3O4S. The number of rotatable bonds is 6. The second kappa shape index (κ2) is 10.8. The third kappa shape index (κ3) is 8.07. The van der Waals surface area contributed by atoms with Gasteiger partial charge in [-0.05, 0) is 70.2 Å². The minimum absolute atomic E-state index is 0.00663. The Morgan fingerprint density at radius 2 is 1.49 bits per heavy atom. The van der Waals surface area contributed by atoms with E-state index >= 15 is 0 Å². The molecule has 2 aromatic rings. The summed E-state index contributed by atoms with van der Waals surface area (Å²) in [6.07, 6.45) is -5.14. The molecule has 35 heavy (non-hydrogen) atoms. The largest absolute Gasteiger partial charge is 0.439 e. The van der Waals surface area contributed by atoms with Crippen LogP contribution >= 0.6 is 23.4 Å². The first-order valence-electron chi connectivity index (χ1n) is 10.2. The van der Waals surface area contributed by atoms with Gasteiger partial charge in [0.05, 0.1) is 10.7 Å². The molecule has 0 aliphatic heterocycles. The molecule has 190 valence electrons. The van der Waals surface area contributed by atoms with Crippen LogP contribution in [0, 0.1) is 0 Å². The normalized spacial score (nSPS) is 13.4. The van der Waals surface area contributed by atoms with Crippen LogP contribution in [-0.2, 0) is 14.3 Å². The van der Waals surface area contributed by atoms with Gasteiger partial charge in [-0.2, -0.15) is 13.2 Å². The quantitative estimate of drug-likeness (QED) is 0.384. The van der Waals surface area contributed by atoms with Gasteiger partial charge in [0.25, 0.3) is 11.5 Å². The molecule has 2 aromatic carbocycles. The van der Waals surface area contributed by atoms with Crippen LogP contribution in [0.15, 0.2) is 52.3 Å². The Hall–Kier alpha value is -2.92. The molecule has 7 nitrogen and oxygen atoms in total. The Morgan fingerprint density at radius 3 is 1.97 bits per heavy atom. The smallest absolute Gasteiger partial charge is 0.437 e. The highest BCUT2D eigenvalue weighted by Crippen LogP contribution is 2.37. The number of carbonyl (C=O) groups is 3. The summed E-state index contributed by atoms with van der Waals surface area (Å²) in [5.41, 5.74) is -3.24. The number of alkyl halides is 3. The third-order valence-electron chi connectivity index (χ3n) is 4.35. The van der Waals surface area contributed by atoms with Crippen LogP contribution in [0.25, 0.3) is 0 Å². The first-order valence-corrected chi connectivity index (χ1v) is 11.4. The Kier molecular flexibility index (Phi) is 8.72. The van der Waals surface area contributed by atoms with Gasteiger partial charge in [-0.1, -0.05) is 23.4 Å². The predicted molar refractivity (Wildman–Crippen MR) is 129 cm³/mol. The number of ether oxygens (including phenoxy) is 1. The van der Waals surface area contributed by atoms with Crippen LogP contribution in [0.1, 0.15) is 34.6 Å². The van der Waals surface area contributed by atoms with Crippen molar-refractivity contribution in [1.82, 2.24) is 5.32 Å². The van der Waals surface area contributed by atoms with E-state index in [4.69, 9.17) is 11.6 Å². The molecule has 0 saturated carbocycles. The molecule has 2 rings (SSSR count). The van der Waals surface area contributed by atoms with Crippen molar-refractivity contribution in [2.75, 3.05) is 10.6 Å². The molecule has 0 aliphatic rings. The van der Waals surface area contributed by atoms with Crippen molar-refractivity contribution in [3.8, 4) is 0 Å². The maximum absolute atomic E-state index is 13.4. The Bertz CT molecular complexity index is 1100.